The summed E-state index contributed by atoms with van der Waals surface area (Å²) in [4.78, 5) is 139. The van der Waals surface area contributed by atoms with Gasteiger partial charge in [0, 0.05) is 90.4 Å². The van der Waals surface area contributed by atoms with Crippen molar-refractivity contribution in [3.8, 4) is 0 Å². The molecular weight excluding hydrogens is 1010 g/mol. The molecule has 78 heavy (non-hydrogen) atoms. The van der Waals surface area contributed by atoms with Crippen LogP contribution in [0.2, 0.25) is 0 Å². The first kappa shape index (κ1) is 62.7. The van der Waals surface area contributed by atoms with Crippen LogP contribution in [0.25, 0.3) is 10.9 Å². The highest BCUT2D eigenvalue weighted by Crippen LogP contribution is 2.30. The molecule has 0 bridgehead atoms. The molecule has 0 radical (unpaired) electrons. The van der Waals surface area contributed by atoms with Gasteiger partial charge in [-0.3, -0.25) is 43.3 Å². The molecule has 23 nitrogen and oxygen atoms in total. The number of benzene rings is 1. The van der Waals surface area contributed by atoms with E-state index in [0.717, 1.165) is 29.3 Å². The van der Waals surface area contributed by atoms with E-state index >= 15 is 0 Å². The zero-order valence-corrected chi connectivity index (χ0v) is 47.6. The molecule has 23 heteroatoms. The lowest BCUT2D eigenvalue weighted by Crippen LogP contribution is -2.60. The number of rotatable bonds is 28. The molecule has 0 aliphatic carbocycles. The van der Waals surface area contributed by atoms with Crippen LogP contribution in [0.15, 0.2) is 30.5 Å². The molecule has 5 N–H and O–H groups in total. The minimum atomic E-state index is -0.947. The van der Waals surface area contributed by atoms with E-state index in [4.69, 9.17) is 19.1 Å². The summed E-state index contributed by atoms with van der Waals surface area (Å²) in [5.41, 5.74) is 1.79. The van der Waals surface area contributed by atoms with Gasteiger partial charge in [-0.1, -0.05) is 73.1 Å². The predicted octanol–water partition coefficient (Wildman–Crippen LogP) is 3.06. The van der Waals surface area contributed by atoms with Crippen molar-refractivity contribution < 1.29 is 62.3 Å². The molecule has 9 amide bonds. The van der Waals surface area contributed by atoms with Crippen molar-refractivity contribution in [1.82, 2.24) is 51.1 Å². The van der Waals surface area contributed by atoms with Gasteiger partial charge in [0.2, 0.25) is 23.6 Å². The average molecular weight is 1100 g/mol. The number of carbonyl (C=O) groups excluding carboxylic acids is 9. The topological polar surface area (TPSA) is 271 Å². The standard InChI is InChI=1S/C55H86N10O13/c1-12-35(6)49(62(9)54(73)47(33(2)3)60-52(71)48(34(4)5)61(8)28-25-57-55(74)56-24-23-46(69)78-65-43(66)21-22-44(65)67)42(75-10)31-45(68)63-26-17-20-41(63)50(76-11)36(7)51(70)59-40(53(72)64-27-15-16-29-77-64)30-37-32-58-39-19-14-13-18-38(37)39/h13-14,18-19,32-36,40-42,47-50,58H,12,15-17,20-31H2,1-11H3,(H,59,70)(H,60,71)(H2,56,57,74)/t35?,36?,40?,41-,42?,47?,48?,49?,50?/m0/s1. The number of hydrogen-bond acceptors (Lipinski definition) is 14. The molecule has 3 aliphatic heterocycles. The number of nitrogens with zero attached hydrogens (tertiary/aromatic N) is 5. The Hall–Kier alpha value is -6.17. The number of likely N-dealkylation sites (N-methyl/N-ethyl adjacent to an activating group) is 2. The van der Waals surface area contributed by atoms with Gasteiger partial charge in [-0.2, -0.15) is 0 Å². The van der Waals surface area contributed by atoms with Gasteiger partial charge in [0.25, 0.3) is 17.7 Å². The number of ether oxygens (including phenoxy) is 2. The van der Waals surface area contributed by atoms with Crippen molar-refractivity contribution in [3.05, 3.63) is 36.0 Å². The van der Waals surface area contributed by atoms with Crippen molar-refractivity contribution in [2.75, 3.05) is 67.6 Å². The lowest BCUT2D eigenvalue weighted by atomic mass is 9.89. The Balaban J connectivity index is 1.20. The number of carbonyl (C=O) groups is 9. The van der Waals surface area contributed by atoms with Crippen LogP contribution in [0, 0.1) is 23.7 Å². The third-order valence-electron chi connectivity index (χ3n) is 15.4. The Morgan fingerprint density at radius 1 is 0.846 bits per heavy atom. The van der Waals surface area contributed by atoms with E-state index in [-0.39, 0.29) is 93.1 Å². The van der Waals surface area contributed by atoms with Gasteiger partial charge in [-0.15, -0.1) is 5.06 Å². The summed E-state index contributed by atoms with van der Waals surface area (Å²) >= 11 is 0. The Kier molecular flexibility index (Phi) is 23.9. The zero-order valence-electron chi connectivity index (χ0n) is 47.6. The van der Waals surface area contributed by atoms with Crippen LogP contribution in [0.5, 0.6) is 0 Å². The normalized spacial score (nSPS) is 19.1. The summed E-state index contributed by atoms with van der Waals surface area (Å²) in [6.07, 6.45) is 3.72. The minimum absolute atomic E-state index is 0.0307. The van der Waals surface area contributed by atoms with E-state index in [1.807, 2.05) is 72.0 Å². The van der Waals surface area contributed by atoms with E-state index < -0.39 is 78.1 Å². The highest BCUT2D eigenvalue weighted by molar-refractivity contribution is 6.01. The summed E-state index contributed by atoms with van der Waals surface area (Å²) in [5, 5.41) is 14.0. The quantitative estimate of drug-likeness (QED) is 0.0767. The van der Waals surface area contributed by atoms with Crippen molar-refractivity contribution in [2.24, 2.45) is 23.7 Å². The summed E-state index contributed by atoms with van der Waals surface area (Å²) in [6.45, 7) is 14.7. The third kappa shape index (κ3) is 16.2. The maximum atomic E-state index is 14.7. The van der Waals surface area contributed by atoms with Crippen LogP contribution in [0.4, 0.5) is 4.79 Å². The minimum Gasteiger partial charge on any atom is -0.379 e. The molecule has 1 aromatic carbocycles. The molecule has 8 unspecified atom stereocenters. The number of methoxy groups -OCH3 is 2. The number of H-pyrrole nitrogens is 1. The Morgan fingerprint density at radius 2 is 1.54 bits per heavy atom. The van der Waals surface area contributed by atoms with Crippen molar-refractivity contribution in [2.45, 2.75) is 155 Å². The first-order chi connectivity index (χ1) is 37.1. The van der Waals surface area contributed by atoms with Gasteiger partial charge in [0.15, 0.2) is 0 Å². The van der Waals surface area contributed by atoms with Crippen LogP contribution in [-0.4, -0.2) is 193 Å². The maximum absolute atomic E-state index is 14.7. The number of amides is 9. The molecule has 3 saturated heterocycles. The average Bonchev–Trinajstić information content (AvgIpc) is 4.16. The molecule has 0 spiro atoms. The van der Waals surface area contributed by atoms with Gasteiger partial charge in [0.05, 0.1) is 55.7 Å². The Bertz CT molecular complexity index is 2380. The first-order valence-corrected chi connectivity index (χ1v) is 27.6. The summed E-state index contributed by atoms with van der Waals surface area (Å²) in [6, 6.07) is 3.57. The number of hydrogen-bond donors (Lipinski definition) is 5. The van der Waals surface area contributed by atoms with E-state index in [1.165, 1.54) is 19.3 Å². The van der Waals surface area contributed by atoms with Gasteiger partial charge in [-0.05, 0) is 62.1 Å². The zero-order chi connectivity index (χ0) is 57.4. The number of aromatic amines is 1. The number of para-hydroxylation sites is 1. The molecule has 434 valence electrons. The maximum Gasteiger partial charge on any atom is 0.334 e. The molecule has 0 saturated carbocycles. The van der Waals surface area contributed by atoms with Crippen molar-refractivity contribution >= 4 is 64.3 Å². The highest BCUT2D eigenvalue weighted by Gasteiger charge is 2.44. The van der Waals surface area contributed by atoms with Crippen LogP contribution < -0.4 is 21.3 Å². The molecular formula is C55H86N10O13. The van der Waals surface area contributed by atoms with Crippen molar-refractivity contribution in [1.29, 1.82) is 0 Å². The number of aromatic nitrogens is 1. The number of nitrogens with one attached hydrogen (secondary N) is 5. The Morgan fingerprint density at radius 3 is 2.17 bits per heavy atom. The highest BCUT2D eigenvalue weighted by atomic mass is 16.7. The van der Waals surface area contributed by atoms with E-state index in [9.17, 15) is 43.2 Å². The monoisotopic (exact) mass is 1090 g/mol. The van der Waals surface area contributed by atoms with Crippen LogP contribution in [-0.2, 0) is 63.9 Å². The van der Waals surface area contributed by atoms with E-state index in [1.54, 1.807) is 35.7 Å². The molecule has 3 aliphatic rings. The second kappa shape index (κ2) is 29.7. The number of hydroxylamine groups is 4. The number of urea groups is 1. The fourth-order valence-corrected chi connectivity index (χ4v) is 10.9. The predicted molar refractivity (Wildman–Crippen MR) is 288 cm³/mol. The fraction of sp³-hybridized carbons (Fsp3) is 0.691. The SMILES string of the molecule is CCC(C)C(C(CC(=O)N1CCC[C@H]1C(OC)C(C)C(=O)NC(Cc1c[nH]c2ccccc12)C(=O)N1CCCCO1)OC)N(C)C(=O)C(NC(=O)C(C(C)C)N(C)CCNC(=O)NCCC(=O)ON1C(=O)CCC1=O)C(C)C. The molecule has 4 heterocycles. The molecule has 5 rings (SSSR count). The molecule has 1 aromatic heterocycles. The smallest absolute Gasteiger partial charge is 0.334 e. The number of fused-ring (bicyclic) bond motifs is 1. The summed E-state index contributed by atoms with van der Waals surface area (Å²) < 4.78 is 12.2. The lowest BCUT2D eigenvalue weighted by molar-refractivity contribution is -0.199. The second-order valence-corrected chi connectivity index (χ2v) is 21.6. The molecule has 9 atom stereocenters. The second-order valence-electron chi connectivity index (χ2n) is 21.6. The van der Waals surface area contributed by atoms with E-state index in [2.05, 4.69) is 26.3 Å². The first-order valence-electron chi connectivity index (χ1n) is 27.6. The van der Waals surface area contributed by atoms with Gasteiger partial charge in [-0.25, -0.2) is 14.7 Å². The molecule has 3 fully saturated rings. The number of likely N-dealkylation sites (tertiary alicyclic amines) is 1. The lowest BCUT2D eigenvalue weighted by Gasteiger charge is -2.41. The van der Waals surface area contributed by atoms with Gasteiger partial charge < -0.3 is 50.4 Å². The summed E-state index contributed by atoms with van der Waals surface area (Å²) in [5.74, 6) is -5.19. The van der Waals surface area contributed by atoms with Crippen LogP contribution in [0.3, 0.4) is 0 Å². The molecule has 2 aromatic rings. The third-order valence-corrected chi connectivity index (χ3v) is 15.4. The number of imide groups is 1. The van der Waals surface area contributed by atoms with E-state index in [0.29, 0.717) is 44.0 Å². The van der Waals surface area contributed by atoms with Gasteiger partial charge in [0.1, 0.15) is 12.1 Å². The van der Waals surface area contributed by atoms with Gasteiger partial charge >= 0.3 is 12.0 Å². The van der Waals surface area contributed by atoms with Crippen LogP contribution >= 0.6 is 0 Å². The largest absolute Gasteiger partial charge is 0.379 e. The summed E-state index contributed by atoms with van der Waals surface area (Å²) in [7, 11) is 6.45. The fourth-order valence-electron chi connectivity index (χ4n) is 10.9. The Labute approximate surface area is 458 Å². The van der Waals surface area contributed by atoms with Crippen LogP contribution in [0.1, 0.15) is 112 Å². The van der Waals surface area contributed by atoms with Crippen molar-refractivity contribution in [3.63, 3.8) is 0 Å².